The first kappa shape index (κ1) is 23.6. The van der Waals surface area contributed by atoms with Gasteiger partial charge in [-0.2, -0.15) is 21.6 Å². The van der Waals surface area contributed by atoms with E-state index >= 15 is 0 Å². The third-order valence-corrected chi connectivity index (χ3v) is 6.49. The predicted molar refractivity (Wildman–Crippen MR) is 116 cm³/mol. The molecule has 1 aliphatic rings. The molecular weight excluding hydrogens is 473 g/mol. The Hall–Kier alpha value is -3.53. The lowest BCUT2D eigenvalue weighted by atomic mass is 9.76. The fourth-order valence-corrected chi connectivity index (χ4v) is 4.38. The van der Waals surface area contributed by atoms with Crippen LogP contribution in [0.15, 0.2) is 72.8 Å². The number of hydrogen-bond donors (Lipinski definition) is 0. The Morgan fingerprint density at radius 1 is 0.941 bits per heavy atom. The topological polar surface area (TPSA) is 78.9 Å². The number of carbonyl (C=O) groups is 1. The largest absolute Gasteiger partial charge is 0.534 e. The number of hydrogen-bond acceptors (Lipinski definition) is 6. The van der Waals surface area contributed by atoms with Crippen molar-refractivity contribution in [3.63, 3.8) is 0 Å². The Morgan fingerprint density at radius 3 is 2.21 bits per heavy atom. The van der Waals surface area contributed by atoms with Gasteiger partial charge in [-0.25, -0.2) is 0 Å². The molecule has 0 radical (unpaired) electrons. The number of carbonyl (C=O) groups excluding carboxylic acids is 1. The van der Waals surface area contributed by atoms with E-state index < -0.39 is 33.3 Å². The molecular formula is C24H19F3O6S. The van der Waals surface area contributed by atoms with Crippen LogP contribution in [0.1, 0.15) is 28.5 Å². The van der Waals surface area contributed by atoms with E-state index in [1.54, 1.807) is 12.1 Å². The average Bonchev–Trinajstić information content (AvgIpc) is 2.79. The zero-order chi connectivity index (χ0) is 24.5. The van der Waals surface area contributed by atoms with Gasteiger partial charge < -0.3 is 13.7 Å². The van der Waals surface area contributed by atoms with Crippen molar-refractivity contribution in [3.8, 4) is 17.2 Å². The maximum Gasteiger partial charge on any atom is 0.534 e. The molecule has 4 rings (SSSR count). The Bertz CT molecular complexity index is 1290. The van der Waals surface area contributed by atoms with Crippen molar-refractivity contribution in [1.82, 2.24) is 0 Å². The van der Waals surface area contributed by atoms with E-state index in [1.807, 2.05) is 36.4 Å². The van der Waals surface area contributed by atoms with Gasteiger partial charge in [0, 0.05) is 12.0 Å². The lowest BCUT2D eigenvalue weighted by Gasteiger charge is -2.32. The number of rotatable bonds is 6. The zero-order valence-corrected chi connectivity index (χ0v) is 18.6. The molecule has 0 saturated heterocycles. The molecule has 0 saturated carbocycles. The molecule has 10 heteroatoms. The van der Waals surface area contributed by atoms with Crippen molar-refractivity contribution in [2.75, 3.05) is 7.11 Å². The molecule has 2 unspecified atom stereocenters. The van der Waals surface area contributed by atoms with Crippen LogP contribution in [0.4, 0.5) is 13.2 Å². The number of alkyl halides is 3. The van der Waals surface area contributed by atoms with Crippen LogP contribution in [0.25, 0.3) is 0 Å². The van der Waals surface area contributed by atoms with Crippen LogP contribution in [-0.4, -0.2) is 27.0 Å². The monoisotopic (exact) mass is 492 g/mol. The Balaban J connectivity index is 1.67. The summed E-state index contributed by atoms with van der Waals surface area (Å²) in [6.45, 7) is 0. The van der Waals surface area contributed by atoms with Crippen LogP contribution in [0, 0.1) is 0 Å². The number of benzene rings is 3. The van der Waals surface area contributed by atoms with Crippen LogP contribution in [0.3, 0.4) is 0 Å². The third kappa shape index (κ3) is 4.72. The van der Waals surface area contributed by atoms with Crippen LogP contribution in [0.2, 0.25) is 0 Å². The fourth-order valence-electron chi connectivity index (χ4n) is 3.92. The molecule has 6 nitrogen and oxygen atoms in total. The first-order valence-electron chi connectivity index (χ1n) is 10.1. The molecule has 0 fully saturated rings. The molecule has 34 heavy (non-hydrogen) atoms. The number of halogens is 3. The molecule has 0 aliphatic carbocycles. The van der Waals surface area contributed by atoms with E-state index in [-0.39, 0.29) is 5.92 Å². The maximum absolute atomic E-state index is 13.0. The van der Waals surface area contributed by atoms with E-state index in [0.717, 1.165) is 23.3 Å². The Kier molecular flexibility index (Phi) is 6.26. The molecule has 178 valence electrons. The first-order valence-corrected chi connectivity index (χ1v) is 11.5. The summed E-state index contributed by atoms with van der Waals surface area (Å²) in [4.78, 5) is 13.0. The minimum Gasteiger partial charge on any atom is -0.497 e. The maximum atomic E-state index is 13.0. The second kappa shape index (κ2) is 9.02. The summed E-state index contributed by atoms with van der Waals surface area (Å²) in [5, 5.41) is 0. The first-order chi connectivity index (χ1) is 16.1. The quantitative estimate of drug-likeness (QED) is 0.210. The smallest absolute Gasteiger partial charge is 0.497 e. The van der Waals surface area contributed by atoms with E-state index in [2.05, 4.69) is 4.18 Å². The highest BCUT2D eigenvalue weighted by atomic mass is 32.2. The summed E-state index contributed by atoms with van der Waals surface area (Å²) in [7, 11) is -4.26. The lowest BCUT2D eigenvalue weighted by Crippen LogP contribution is -2.31. The van der Waals surface area contributed by atoms with Gasteiger partial charge in [0.1, 0.15) is 17.2 Å². The van der Waals surface area contributed by atoms with Gasteiger partial charge in [-0.15, -0.1) is 0 Å². The van der Waals surface area contributed by atoms with Crippen molar-refractivity contribution < 1.29 is 40.0 Å². The van der Waals surface area contributed by atoms with Crippen molar-refractivity contribution in [3.05, 3.63) is 89.5 Å². The standard InChI is InChI=1S/C24H19F3O6S/c1-31-18-11-12-19-20(22(16-5-3-2-4-6-16)23(28)32-21(19)14-18)13-15-7-9-17(10-8-15)33-34(29,30)24(25,26)27/h2-12,14,20,22H,13H2,1H3. The Labute approximate surface area is 194 Å². The van der Waals surface area contributed by atoms with Gasteiger partial charge in [-0.05, 0) is 41.3 Å². The predicted octanol–water partition coefficient (Wildman–Crippen LogP) is 4.95. The number of fused-ring (bicyclic) bond motifs is 1. The summed E-state index contributed by atoms with van der Waals surface area (Å²) in [5.41, 5.74) is -3.33. The zero-order valence-electron chi connectivity index (χ0n) is 17.8. The van der Waals surface area contributed by atoms with Gasteiger partial charge in [-0.3, -0.25) is 4.79 Å². The molecule has 0 amide bonds. The summed E-state index contributed by atoms with van der Waals surface area (Å²) in [5.74, 6) is -0.977. The van der Waals surface area contributed by atoms with Crippen molar-refractivity contribution in [2.45, 2.75) is 23.8 Å². The van der Waals surface area contributed by atoms with E-state index in [1.165, 1.54) is 19.2 Å². The van der Waals surface area contributed by atoms with Crippen LogP contribution < -0.4 is 13.7 Å². The molecule has 1 aliphatic heterocycles. The van der Waals surface area contributed by atoms with E-state index in [4.69, 9.17) is 9.47 Å². The molecule has 3 aromatic carbocycles. The highest BCUT2D eigenvalue weighted by molar-refractivity contribution is 7.88. The highest BCUT2D eigenvalue weighted by Gasteiger charge is 2.48. The normalized spacial score (nSPS) is 18.1. The van der Waals surface area contributed by atoms with Gasteiger partial charge in [-0.1, -0.05) is 48.5 Å². The van der Waals surface area contributed by atoms with E-state index in [9.17, 15) is 26.4 Å². The fraction of sp³-hybridized carbons (Fsp3) is 0.208. The van der Waals surface area contributed by atoms with Gasteiger partial charge >= 0.3 is 21.6 Å². The number of methoxy groups -OCH3 is 1. The third-order valence-electron chi connectivity index (χ3n) is 5.51. The van der Waals surface area contributed by atoms with Crippen LogP contribution in [-0.2, 0) is 21.3 Å². The van der Waals surface area contributed by atoms with Crippen molar-refractivity contribution >= 4 is 16.1 Å². The van der Waals surface area contributed by atoms with Gasteiger partial charge in [0.2, 0.25) is 0 Å². The second-order valence-electron chi connectivity index (χ2n) is 7.65. The van der Waals surface area contributed by atoms with E-state index in [0.29, 0.717) is 23.5 Å². The molecule has 3 aromatic rings. The Morgan fingerprint density at radius 2 is 1.59 bits per heavy atom. The van der Waals surface area contributed by atoms with Crippen molar-refractivity contribution in [2.24, 2.45) is 0 Å². The van der Waals surface area contributed by atoms with Crippen molar-refractivity contribution in [1.29, 1.82) is 0 Å². The van der Waals surface area contributed by atoms with Crippen LogP contribution in [0.5, 0.6) is 17.2 Å². The summed E-state index contributed by atoms with van der Waals surface area (Å²) in [6.07, 6.45) is 0.334. The molecule has 0 N–H and O–H groups in total. The van der Waals surface area contributed by atoms with Gasteiger partial charge in [0.25, 0.3) is 0 Å². The summed E-state index contributed by atoms with van der Waals surface area (Å²) in [6, 6.07) is 19.5. The SMILES string of the molecule is COc1ccc2c(c1)OC(=O)C(c1ccccc1)C2Cc1ccc(OS(=O)(=O)C(F)(F)F)cc1. The minimum atomic E-state index is -5.76. The molecule has 0 spiro atoms. The number of esters is 1. The second-order valence-corrected chi connectivity index (χ2v) is 9.19. The molecule has 0 aromatic heterocycles. The average molecular weight is 492 g/mol. The van der Waals surface area contributed by atoms with Crippen LogP contribution >= 0.6 is 0 Å². The molecule has 1 heterocycles. The summed E-state index contributed by atoms with van der Waals surface area (Å²) < 4.78 is 75.2. The lowest BCUT2D eigenvalue weighted by molar-refractivity contribution is -0.138. The minimum absolute atomic E-state index is 0.334. The highest BCUT2D eigenvalue weighted by Crippen LogP contribution is 2.46. The molecule has 0 bridgehead atoms. The van der Waals surface area contributed by atoms with Gasteiger partial charge in [0.05, 0.1) is 13.0 Å². The molecule has 2 atom stereocenters. The van der Waals surface area contributed by atoms with Gasteiger partial charge in [0.15, 0.2) is 0 Å². The number of ether oxygens (including phenoxy) is 2. The summed E-state index contributed by atoms with van der Waals surface area (Å²) >= 11 is 0.